The number of aryl methyl sites for hydroxylation is 1. The molecule has 0 bridgehead atoms. The van der Waals surface area contributed by atoms with Gasteiger partial charge in [-0.05, 0) is 13.3 Å². The molecule has 1 atom stereocenters. The summed E-state index contributed by atoms with van der Waals surface area (Å²) >= 11 is 1.50. The molecule has 1 unspecified atom stereocenters. The van der Waals surface area contributed by atoms with Crippen LogP contribution in [0.1, 0.15) is 29.8 Å². The van der Waals surface area contributed by atoms with Crippen molar-refractivity contribution in [2.24, 2.45) is 0 Å². The summed E-state index contributed by atoms with van der Waals surface area (Å²) < 4.78 is 28.5. The van der Waals surface area contributed by atoms with E-state index in [2.05, 4.69) is 14.8 Å². The second kappa shape index (κ2) is 6.65. The predicted octanol–water partition coefficient (Wildman–Crippen LogP) is 0.934. The Bertz CT molecular complexity index is 693. The lowest BCUT2D eigenvalue weighted by Gasteiger charge is -2.10. The van der Waals surface area contributed by atoms with Crippen molar-refractivity contribution >= 4 is 21.4 Å². The molecular weight excluding hydrogens is 312 g/mol. The monoisotopic (exact) mass is 330 g/mol. The van der Waals surface area contributed by atoms with Crippen LogP contribution < -0.4 is 4.72 Å². The Morgan fingerprint density at radius 2 is 2.24 bits per heavy atom. The number of nitrogens with one attached hydrogen (secondary N) is 1. The number of thiazole rings is 1. The van der Waals surface area contributed by atoms with Crippen molar-refractivity contribution in [2.75, 3.05) is 6.61 Å². The molecule has 7 nitrogen and oxygen atoms in total. The van der Waals surface area contributed by atoms with E-state index in [0.29, 0.717) is 0 Å². The van der Waals surface area contributed by atoms with E-state index in [1.165, 1.54) is 28.4 Å². The Kier molecular flexibility index (Phi) is 5.09. The Morgan fingerprint density at radius 1 is 1.48 bits per heavy atom. The van der Waals surface area contributed by atoms with Crippen LogP contribution in [0.25, 0.3) is 0 Å². The molecular formula is C12H18N4O3S2. The lowest BCUT2D eigenvalue weighted by molar-refractivity contribution is 0.269. The van der Waals surface area contributed by atoms with Gasteiger partial charge in [-0.3, -0.25) is 4.68 Å². The molecule has 21 heavy (non-hydrogen) atoms. The maximum atomic E-state index is 12.3. The highest BCUT2D eigenvalue weighted by Crippen LogP contribution is 2.22. The summed E-state index contributed by atoms with van der Waals surface area (Å²) in [6.45, 7) is 3.96. The van der Waals surface area contributed by atoms with E-state index >= 15 is 0 Å². The van der Waals surface area contributed by atoms with E-state index < -0.39 is 16.1 Å². The molecule has 0 saturated carbocycles. The number of hydrogen-bond donors (Lipinski definition) is 2. The fraction of sp³-hybridized carbons (Fsp3) is 0.500. The van der Waals surface area contributed by atoms with E-state index in [9.17, 15) is 8.42 Å². The molecule has 2 N–H and O–H groups in total. The first kappa shape index (κ1) is 16.1. The topological polar surface area (TPSA) is 97.1 Å². The van der Waals surface area contributed by atoms with Crippen LogP contribution in [0.4, 0.5) is 0 Å². The summed E-state index contributed by atoms with van der Waals surface area (Å²) in [7, 11) is -3.65. The SMILES string of the molecule is CCc1cnc(C(C)NS(=O)(=O)c2cnn(CCO)c2)s1. The smallest absolute Gasteiger partial charge is 0.244 e. The molecule has 2 rings (SSSR count). The summed E-state index contributed by atoms with van der Waals surface area (Å²) in [4.78, 5) is 5.43. The fourth-order valence-corrected chi connectivity index (χ4v) is 3.84. The third-order valence-corrected chi connectivity index (χ3v) is 5.69. The zero-order chi connectivity index (χ0) is 15.5. The first-order valence-electron chi connectivity index (χ1n) is 6.56. The standard InChI is InChI=1S/C12H18N4O3S2/c1-3-10-6-13-12(20-10)9(2)15-21(18,19)11-7-14-16(8-11)4-5-17/h6-9,15,17H,3-5H2,1-2H3. The first-order valence-corrected chi connectivity index (χ1v) is 8.86. The maximum absolute atomic E-state index is 12.3. The molecule has 0 aromatic carbocycles. The number of aromatic nitrogens is 3. The molecule has 0 saturated heterocycles. The average molecular weight is 330 g/mol. The van der Waals surface area contributed by atoms with Crippen molar-refractivity contribution in [3.63, 3.8) is 0 Å². The Hall–Kier alpha value is -1.29. The molecule has 0 amide bonds. The van der Waals surface area contributed by atoms with E-state index in [-0.39, 0.29) is 18.0 Å². The van der Waals surface area contributed by atoms with Crippen LogP contribution in [-0.4, -0.2) is 34.9 Å². The van der Waals surface area contributed by atoms with Gasteiger partial charge in [-0.25, -0.2) is 18.1 Å². The van der Waals surface area contributed by atoms with E-state index in [1.54, 1.807) is 13.1 Å². The molecule has 2 aromatic heterocycles. The second-order valence-electron chi connectivity index (χ2n) is 4.52. The summed E-state index contributed by atoms with van der Waals surface area (Å²) in [6, 6.07) is -0.401. The van der Waals surface area contributed by atoms with E-state index in [0.717, 1.165) is 16.3 Å². The van der Waals surface area contributed by atoms with Crippen LogP contribution in [0.3, 0.4) is 0 Å². The van der Waals surface area contributed by atoms with Gasteiger partial charge in [-0.15, -0.1) is 11.3 Å². The van der Waals surface area contributed by atoms with Crippen LogP contribution in [0.15, 0.2) is 23.5 Å². The zero-order valence-electron chi connectivity index (χ0n) is 11.9. The number of nitrogens with zero attached hydrogens (tertiary/aromatic N) is 3. The highest BCUT2D eigenvalue weighted by molar-refractivity contribution is 7.89. The minimum atomic E-state index is -3.65. The van der Waals surface area contributed by atoms with Crippen molar-refractivity contribution in [2.45, 2.75) is 37.8 Å². The first-order chi connectivity index (χ1) is 9.96. The quantitative estimate of drug-likeness (QED) is 0.787. The van der Waals surface area contributed by atoms with Crippen molar-refractivity contribution in [3.05, 3.63) is 28.5 Å². The van der Waals surface area contributed by atoms with Crippen molar-refractivity contribution in [1.82, 2.24) is 19.5 Å². The molecule has 2 aromatic rings. The molecule has 0 spiro atoms. The highest BCUT2D eigenvalue weighted by atomic mass is 32.2. The van der Waals surface area contributed by atoms with Crippen LogP contribution in [0.2, 0.25) is 0 Å². The summed E-state index contributed by atoms with van der Waals surface area (Å²) in [6.07, 6.45) is 5.31. The lowest BCUT2D eigenvalue weighted by atomic mass is 10.4. The summed E-state index contributed by atoms with van der Waals surface area (Å²) in [5.41, 5.74) is 0. The molecule has 2 heterocycles. The minimum Gasteiger partial charge on any atom is -0.394 e. The lowest BCUT2D eigenvalue weighted by Crippen LogP contribution is -2.26. The van der Waals surface area contributed by atoms with Crippen molar-refractivity contribution in [3.8, 4) is 0 Å². The summed E-state index contributed by atoms with van der Waals surface area (Å²) in [5, 5.41) is 13.4. The van der Waals surface area contributed by atoms with Gasteiger partial charge in [0.1, 0.15) is 9.90 Å². The average Bonchev–Trinajstić information content (AvgIpc) is 3.07. The van der Waals surface area contributed by atoms with Crippen molar-refractivity contribution in [1.29, 1.82) is 0 Å². The van der Waals surface area contributed by atoms with Gasteiger partial charge in [0.15, 0.2) is 0 Å². The molecule has 0 radical (unpaired) electrons. The van der Waals surface area contributed by atoms with Gasteiger partial charge >= 0.3 is 0 Å². The summed E-state index contributed by atoms with van der Waals surface area (Å²) in [5.74, 6) is 0. The van der Waals surface area contributed by atoms with E-state index in [1.807, 2.05) is 6.92 Å². The molecule has 0 aliphatic rings. The van der Waals surface area contributed by atoms with Gasteiger partial charge in [0.2, 0.25) is 10.0 Å². The second-order valence-corrected chi connectivity index (χ2v) is 7.38. The van der Waals surface area contributed by atoms with E-state index in [4.69, 9.17) is 5.11 Å². The highest BCUT2D eigenvalue weighted by Gasteiger charge is 2.21. The van der Waals surface area contributed by atoms with Gasteiger partial charge in [0.25, 0.3) is 0 Å². The molecule has 116 valence electrons. The normalized spacial score (nSPS) is 13.5. The number of hydrogen-bond acceptors (Lipinski definition) is 6. The Balaban J connectivity index is 2.12. The number of aliphatic hydroxyl groups is 1. The van der Waals surface area contributed by atoms with Gasteiger partial charge in [0, 0.05) is 17.3 Å². The maximum Gasteiger partial charge on any atom is 0.244 e. The number of sulfonamides is 1. The van der Waals surface area contributed by atoms with Crippen molar-refractivity contribution < 1.29 is 13.5 Å². The Morgan fingerprint density at radius 3 is 2.86 bits per heavy atom. The zero-order valence-corrected chi connectivity index (χ0v) is 13.5. The van der Waals surface area contributed by atoms with Gasteiger partial charge in [-0.1, -0.05) is 6.92 Å². The molecule has 0 fully saturated rings. The van der Waals surface area contributed by atoms with Gasteiger partial charge in [0.05, 0.1) is 25.4 Å². The Labute approximate surface area is 127 Å². The van der Waals surface area contributed by atoms with Crippen LogP contribution in [0.5, 0.6) is 0 Å². The molecule has 9 heteroatoms. The van der Waals surface area contributed by atoms with Gasteiger partial charge < -0.3 is 5.11 Å². The van der Waals surface area contributed by atoms with Crippen LogP contribution in [-0.2, 0) is 23.0 Å². The molecule has 0 aliphatic carbocycles. The van der Waals surface area contributed by atoms with Crippen LogP contribution >= 0.6 is 11.3 Å². The minimum absolute atomic E-state index is 0.0788. The predicted molar refractivity (Wildman–Crippen MR) is 79.5 cm³/mol. The third kappa shape index (κ3) is 3.88. The number of rotatable bonds is 7. The third-order valence-electron chi connectivity index (χ3n) is 2.87. The van der Waals surface area contributed by atoms with Crippen LogP contribution in [0, 0.1) is 0 Å². The fourth-order valence-electron chi connectivity index (χ4n) is 1.75. The largest absolute Gasteiger partial charge is 0.394 e. The number of aliphatic hydroxyl groups excluding tert-OH is 1. The van der Waals surface area contributed by atoms with Gasteiger partial charge in [-0.2, -0.15) is 5.10 Å². The molecule has 0 aliphatic heterocycles.